The van der Waals surface area contributed by atoms with E-state index in [1.54, 1.807) is 0 Å². The van der Waals surface area contributed by atoms with E-state index in [9.17, 15) is 4.79 Å². The summed E-state index contributed by atoms with van der Waals surface area (Å²) in [6.45, 7) is 2.16. The molecule has 4 nitrogen and oxygen atoms in total. The van der Waals surface area contributed by atoms with E-state index in [1.165, 1.54) is 6.42 Å². The van der Waals surface area contributed by atoms with E-state index in [-0.39, 0.29) is 5.91 Å². The van der Waals surface area contributed by atoms with Crippen molar-refractivity contribution < 1.29 is 4.79 Å². The zero-order chi connectivity index (χ0) is 13.7. The average molecular weight is 261 g/mol. The van der Waals surface area contributed by atoms with Crippen LogP contribution < -0.4 is 15.5 Å². The number of anilines is 2. The first-order valence-electron chi connectivity index (χ1n) is 6.93. The van der Waals surface area contributed by atoms with Crippen LogP contribution in [0.25, 0.3) is 0 Å². The fourth-order valence-electron chi connectivity index (χ4n) is 2.36. The van der Waals surface area contributed by atoms with Crippen molar-refractivity contribution in [1.82, 2.24) is 5.32 Å². The number of amides is 1. The lowest BCUT2D eigenvalue weighted by molar-refractivity contribution is -0.116. The molecule has 4 heteroatoms. The molecule has 1 aliphatic heterocycles. The predicted molar refractivity (Wildman–Crippen MR) is 79.6 cm³/mol. The molecular weight excluding hydrogens is 238 g/mol. The van der Waals surface area contributed by atoms with E-state index in [2.05, 4.69) is 10.6 Å². The highest BCUT2D eigenvalue weighted by Crippen LogP contribution is 2.17. The van der Waals surface area contributed by atoms with E-state index in [4.69, 9.17) is 0 Å². The molecule has 0 aromatic heterocycles. The van der Waals surface area contributed by atoms with E-state index in [0.29, 0.717) is 12.3 Å². The summed E-state index contributed by atoms with van der Waals surface area (Å²) < 4.78 is 0. The first kappa shape index (κ1) is 13.9. The van der Waals surface area contributed by atoms with Gasteiger partial charge in [0.2, 0.25) is 5.91 Å². The maximum absolute atomic E-state index is 11.8. The van der Waals surface area contributed by atoms with Crippen LogP contribution in [0.3, 0.4) is 0 Å². The number of carbonyl (C=O) groups is 1. The van der Waals surface area contributed by atoms with E-state index >= 15 is 0 Å². The van der Waals surface area contributed by atoms with Crippen LogP contribution in [0.2, 0.25) is 0 Å². The zero-order valence-electron chi connectivity index (χ0n) is 11.8. The molecule has 1 fully saturated rings. The standard InChI is InChI=1S/C15H23N3O/c1-18(2)14-6-4-13(5-7-14)17-15(19)8-3-12-9-10-16-11-12/h4-7,12,16H,3,8-11H2,1-2H3,(H,17,19). The Kier molecular flexibility index (Phi) is 4.80. The van der Waals surface area contributed by atoms with Gasteiger partial charge >= 0.3 is 0 Å². The molecule has 1 atom stereocenters. The maximum atomic E-state index is 11.8. The molecule has 0 spiro atoms. The minimum Gasteiger partial charge on any atom is -0.378 e. The van der Waals surface area contributed by atoms with Gasteiger partial charge < -0.3 is 15.5 Å². The number of rotatable bonds is 5. The highest BCUT2D eigenvalue weighted by atomic mass is 16.1. The predicted octanol–water partition coefficient (Wildman–Crippen LogP) is 2.08. The number of hydrogen-bond acceptors (Lipinski definition) is 3. The largest absolute Gasteiger partial charge is 0.378 e. The van der Waals surface area contributed by atoms with Gasteiger partial charge in [-0.15, -0.1) is 0 Å². The number of benzene rings is 1. The third kappa shape index (κ3) is 4.24. The molecule has 0 aliphatic carbocycles. The SMILES string of the molecule is CN(C)c1ccc(NC(=O)CCC2CCNC2)cc1. The van der Waals surface area contributed by atoms with Crippen molar-refractivity contribution in [3.8, 4) is 0 Å². The Hall–Kier alpha value is -1.55. The zero-order valence-corrected chi connectivity index (χ0v) is 11.8. The average Bonchev–Trinajstić information content (AvgIpc) is 2.90. The molecule has 1 aromatic carbocycles. The Bertz CT molecular complexity index is 408. The summed E-state index contributed by atoms with van der Waals surface area (Å²) in [5.41, 5.74) is 2.01. The van der Waals surface area contributed by atoms with Crippen molar-refractivity contribution in [3.05, 3.63) is 24.3 Å². The summed E-state index contributed by atoms with van der Waals surface area (Å²) in [6.07, 6.45) is 2.79. The van der Waals surface area contributed by atoms with Crippen molar-refractivity contribution >= 4 is 17.3 Å². The lowest BCUT2D eigenvalue weighted by Gasteiger charge is -2.13. The molecule has 2 rings (SSSR count). The summed E-state index contributed by atoms with van der Waals surface area (Å²) in [5, 5.41) is 6.28. The maximum Gasteiger partial charge on any atom is 0.224 e. The first-order valence-corrected chi connectivity index (χ1v) is 6.93. The van der Waals surface area contributed by atoms with Crippen LogP contribution in [0.4, 0.5) is 11.4 Å². The number of nitrogens with zero attached hydrogens (tertiary/aromatic N) is 1. The Labute approximate surface area is 115 Å². The summed E-state index contributed by atoms with van der Waals surface area (Å²) >= 11 is 0. The monoisotopic (exact) mass is 261 g/mol. The minimum absolute atomic E-state index is 0.115. The Balaban J connectivity index is 1.77. The van der Waals surface area contributed by atoms with Crippen molar-refractivity contribution in [2.45, 2.75) is 19.3 Å². The molecule has 1 aliphatic rings. The lowest BCUT2D eigenvalue weighted by atomic mass is 10.0. The van der Waals surface area contributed by atoms with E-state index in [1.807, 2.05) is 43.3 Å². The molecule has 0 saturated carbocycles. The second-order valence-corrected chi connectivity index (χ2v) is 5.39. The Morgan fingerprint density at radius 2 is 2.11 bits per heavy atom. The quantitative estimate of drug-likeness (QED) is 0.853. The molecular formula is C15H23N3O. The van der Waals surface area contributed by atoms with Crippen LogP contribution in [-0.2, 0) is 4.79 Å². The van der Waals surface area contributed by atoms with Gasteiger partial charge in [0.05, 0.1) is 0 Å². The van der Waals surface area contributed by atoms with Crippen LogP contribution in [-0.4, -0.2) is 33.1 Å². The van der Waals surface area contributed by atoms with Crippen molar-refractivity contribution in [2.75, 3.05) is 37.4 Å². The fourth-order valence-corrected chi connectivity index (χ4v) is 2.36. The van der Waals surface area contributed by atoms with Gasteiger partial charge in [-0.2, -0.15) is 0 Å². The normalized spacial score (nSPS) is 18.3. The van der Waals surface area contributed by atoms with Gasteiger partial charge in [0.15, 0.2) is 0 Å². The highest BCUT2D eigenvalue weighted by Gasteiger charge is 2.15. The Morgan fingerprint density at radius 1 is 1.37 bits per heavy atom. The van der Waals surface area contributed by atoms with Gasteiger partial charge in [-0.05, 0) is 56.1 Å². The van der Waals surface area contributed by atoms with Gasteiger partial charge in [0, 0.05) is 31.9 Å². The second-order valence-electron chi connectivity index (χ2n) is 5.39. The van der Waals surface area contributed by atoms with Gasteiger partial charge in [-0.25, -0.2) is 0 Å². The Morgan fingerprint density at radius 3 is 2.68 bits per heavy atom. The van der Waals surface area contributed by atoms with Gasteiger partial charge in [-0.1, -0.05) is 0 Å². The first-order chi connectivity index (χ1) is 9.15. The molecule has 1 amide bonds. The van der Waals surface area contributed by atoms with Crippen LogP contribution in [0.5, 0.6) is 0 Å². The van der Waals surface area contributed by atoms with Crippen LogP contribution in [0, 0.1) is 5.92 Å². The lowest BCUT2D eigenvalue weighted by Crippen LogP contribution is -2.15. The van der Waals surface area contributed by atoms with Crippen molar-refractivity contribution in [2.24, 2.45) is 5.92 Å². The molecule has 1 unspecified atom stereocenters. The second kappa shape index (κ2) is 6.57. The number of carbonyl (C=O) groups excluding carboxylic acids is 1. The molecule has 0 radical (unpaired) electrons. The molecule has 1 heterocycles. The molecule has 0 bridgehead atoms. The molecule has 19 heavy (non-hydrogen) atoms. The smallest absolute Gasteiger partial charge is 0.224 e. The van der Waals surface area contributed by atoms with E-state index in [0.717, 1.165) is 30.9 Å². The summed E-state index contributed by atoms with van der Waals surface area (Å²) in [4.78, 5) is 13.9. The number of nitrogens with one attached hydrogen (secondary N) is 2. The van der Waals surface area contributed by atoms with Crippen molar-refractivity contribution in [1.29, 1.82) is 0 Å². The summed E-state index contributed by atoms with van der Waals surface area (Å²) in [6, 6.07) is 7.92. The number of hydrogen-bond donors (Lipinski definition) is 2. The fraction of sp³-hybridized carbons (Fsp3) is 0.533. The third-order valence-corrected chi connectivity index (χ3v) is 3.61. The molecule has 1 aromatic rings. The van der Waals surface area contributed by atoms with Gasteiger partial charge in [0.25, 0.3) is 0 Å². The van der Waals surface area contributed by atoms with Gasteiger partial charge in [0.1, 0.15) is 0 Å². The summed E-state index contributed by atoms with van der Waals surface area (Å²) in [7, 11) is 4.01. The molecule has 104 valence electrons. The van der Waals surface area contributed by atoms with Gasteiger partial charge in [-0.3, -0.25) is 4.79 Å². The van der Waals surface area contributed by atoms with Crippen LogP contribution in [0.1, 0.15) is 19.3 Å². The third-order valence-electron chi connectivity index (χ3n) is 3.61. The summed E-state index contributed by atoms with van der Waals surface area (Å²) in [5.74, 6) is 0.784. The topological polar surface area (TPSA) is 44.4 Å². The molecule has 1 saturated heterocycles. The van der Waals surface area contributed by atoms with E-state index < -0.39 is 0 Å². The van der Waals surface area contributed by atoms with Crippen LogP contribution >= 0.6 is 0 Å². The highest BCUT2D eigenvalue weighted by molar-refractivity contribution is 5.90. The van der Waals surface area contributed by atoms with Crippen molar-refractivity contribution in [3.63, 3.8) is 0 Å². The molecule has 2 N–H and O–H groups in total. The minimum atomic E-state index is 0.115. The van der Waals surface area contributed by atoms with Crippen LogP contribution in [0.15, 0.2) is 24.3 Å².